The minimum Gasteiger partial charge on any atom is -0.336 e. The Morgan fingerprint density at radius 3 is 2.41 bits per heavy atom. The lowest BCUT2D eigenvalue weighted by atomic mass is 10.1. The molecule has 0 saturated carbocycles. The van der Waals surface area contributed by atoms with Crippen molar-refractivity contribution >= 4 is 29.1 Å². The van der Waals surface area contributed by atoms with Crippen molar-refractivity contribution in [2.75, 3.05) is 26.2 Å². The van der Waals surface area contributed by atoms with Gasteiger partial charge in [-0.1, -0.05) is 41.4 Å². The zero-order valence-electron chi connectivity index (χ0n) is 18.1. The number of benzene rings is 2. The van der Waals surface area contributed by atoms with Gasteiger partial charge in [0.1, 0.15) is 5.82 Å². The summed E-state index contributed by atoms with van der Waals surface area (Å²) in [5.74, 6) is -0.293. The van der Waals surface area contributed by atoms with Crippen LogP contribution in [0.3, 0.4) is 0 Å². The second-order valence-corrected chi connectivity index (χ2v) is 8.90. The third kappa shape index (κ3) is 4.82. The highest BCUT2D eigenvalue weighted by molar-refractivity contribution is 6.32. The molecule has 8 heteroatoms. The van der Waals surface area contributed by atoms with E-state index in [1.807, 2.05) is 47.7 Å². The first-order valence-corrected chi connectivity index (χ1v) is 11.3. The fourth-order valence-corrected chi connectivity index (χ4v) is 4.36. The van der Waals surface area contributed by atoms with Crippen molar-refractivity contribution < 1.29 is 9.18 Å². The predicted octanol–water partition coefficient (Wildman–Crippen LogP) is 4.95. The molecule has 1 aliphatic heterocycles. The molecule has 168 valence electrons. The van der Waals surface area contributed by atoms with Gasteiger partial charge in [-0.25, -0.2) is 4.39 Å². The SMILES string of the molecule is Cc1nn(Cc2cccc(C(=O)N3CCN(Cc4c(F)cccc4Cl)CC3)c2)c(C)c1Cl. The van der Waals surface area contributed by atoms with Crippen LogP contribution in [0.1, 0.15) is 32.9 Å². The molecule has 3 aromatic rings. The number of aryl methyl sites for hydroxylation is 1. The van der Waals surface area contributed by atoms with E-state index < -0.39 is 0 Å². The molecule has 4 rings (SSSR count). The van der Waals surface area contributed by atoms with E-state index in [0.717, 1.165) is 17.0 Å². The Hall–Kier alpha value is -2.41. The van der Waals surface area contributed by atoms with Crippen molar-refractivity contribution in [1.82, 2.24) is 19.6 Å². The van der Waals surface area contributed by atoms with Crippen LogP contribution < -0.4 is 0 Å². The number of piperazine rings is 1. The molecule has 1 fully saturated rings. The average molecular weight is 475 g/mol. The maximum atomic E-state index is 14.1. The van der Waals surface area contributed by atoms with E-state index in [-0.39, 0.29) is 11.7 Å². The molecule has 0 atom stereocenters. The normalized spacial score (nSPS) is 14.7. The van der Waals surface area contributed by atoms with E-state index >= 15 is 0 Å². The molecule has 0 unspecified atom stereocenters. The third-order valence-electron chi connectivity index (χ3n) is 5.90. The summed E-state index contributed by atoms with van der Waals surface area (Å²) in [7, 11) is 0. The molecule has 0 radical (unpaired) electrons. The zero-order chi connectivity index (χ0) is 22.8. The van der Waals surface area contributed by atoms with Gasteiger partial charge in [-0.15, -0.1) is 0 Å². The Morgan fingerprint density at radius 1 is 1.03 bits per heavy atom. The standard InChI is InChI=1S/C24H25Cl2FN4O/c1-16-23(26)17(2)31(28-16)14-18-5-3-6-19(13-18)24(32)30-11-9-29(10-12-30)15-20-21(25)7-4-8-22(20)27/h3-8,13H,9-12,14-15H2,1-2H3. The smallest absolute Gasteiger partial charge is 0.253 e. The first-order chi connectivity index (χ1) is 15.3. The summed E-state index contributed by atoms with van der Waals surface area (Å²) in [5.41, 5.74) is 3.86. The molecule has 2 heterocycles. The van der Waals surface area contributed by atoms with Crippen LogP contribution in [-0.4, -0.2) is 51.7 Å². The van der Waals surface area contributed by atoms with Crippen LogP contribution in [0.15, 0.2) is 42.5 Å². The van der Waals surface area contributed by atoms with Gasteiger partial charge in [0, 0.05) is 48.9 Å². The summed E-state index contributed by atoms with van der Waals surface area (Å²) in [6.45, 7) is 7.31. The number of amides is 1. The lowest BCUT2D eigenvalue weighted by molar-refractivity contribution is 0.0627. The number of carbonyl (C=O) groups is 1. The molecule has 1 amide bonds. The highest BCUT2D eigenvalue weighted by Crippen LogP contribution is 2.22. The molecule has 32 heavy (non-hydrogen) atoms. The van der Waals surface area contributed by atoms with Gasteiger partial charge in [0.05, 0.1) is 23.0 Å². The molecule has 1 saturated heterocycles. The second kappa shape index (κ2) is 9.61. The summed E-state index contributed by atoms with van der Waals surface area (Å²) >= 11 is 12.4. The summed E-state index contributed by atoms with van der Waals surface area (Å²) in [4.78, 5) is 17.1. The molecule has 0 N–H and O–H groups in total. The van der Waals surface area contributed by atoms with Gasteiger partial charge < -0.3 is 4.90 Å². The lowest BCUT2D eigenvalue weighted by Crippen LogP contribution is -2.48. The Kier molecular flexibility index (Phi) is 6.84. The van der Waals surface area contributed by atoms with Crippen LogP contribution in [-0.2, 0) is 13.1 Å². The van der Waals surface area contributed by atoms with Gasteiger partial charge in [0.2, 0.25) is 0 Å². The first kappa shape index (κ1) is 22.8. The fourth-order valence-electron chi connectivity index (χ4n) is 4.00. The van der Waals surface area contributed by atoms with Gasteiger partial charge in [-0.2, -0.15) is 5.10 Å². The van der Waals surface area contributed by atoms with Crippen molar-refractivity contribution in [3.8, 4) is 0 Å². The summed E-state index contributed by atoms with van der Waals surface area (Å²) in [5, 5.41) is 5.58. The largest absolute Gasteiger partial charge is 0.336 e. The Labute approximate surface area is 197 Å². The van der Waals surface area contributed by atoms with E-state index in [1.54, 1.807) is 12.1 Å². The van der Waals surface area contributed by atoms with E-state index in [2.05, 4.69) is 10.00 Å². The highest BCUT2D eigenvalue weighted by atomic mass is 35.5. The molecule has 1 aromatic heterocycles. The topological polar surface area (TPSA) is 41.4 Å². The maximum Gasteiger partial charge on any atom is 0.253 e. The number of rotatable bonds is 5. The number of halogens is 3. The van der Waals surface area contributed by atoms with Crippen LogP contribution >= 0.6 is 23.2 Å². The van der Waals surface area contributed by atoms with Gasteiger partial charge >= 0.3 is 0 Å². The Morgan fingerprint density at radius 2 is 1.75 bits per heavy atom. The van der Waals surface area contributed by atoms with E-state index in [9.17, 15) is 9.18 Å². The number of nitrogens with zero attached hydrogens (tertiary/aromatic N) is 4. The number of aromatic nitrogens is 2. The monoisotopic (exact) mass is 474 g/mol. The summed E-state index contributed by atoms with van der Waals surface area (Å²) < 4.78 is 15.9. The van der Waals surface area contributed by atoms with Crippen molar-refractivity contribution in [3.63, 3.8) is 0 Å². The van der Waals surface area contributed by atoms with Crippen LogP contribution in [0.5, 0.6) is 0 Å². The molecule has 0 aliphatic carbocycles. The quantitative estimate of drug-likeness (QED) is 0.525. The molecule has 5 nitrogen and oxygen atoms in total. The minimum atomic E-state index is -0.295. The molecule has 2 aromatic carbocycles. The van der Waals surface area contributed by atoms with E-state index in [0.29, 0.717) is 60.4 Å². The predicted molar refractivity (Wildman–Crippen MR) is 125 cm³/mol. The number of hydrogen-bond acceptors (Lipinski definition) is 3. The maximum absolute atomic E-state index is 14.1. The van der Waals surface area contributed by atoms with Crippen molar-refractivity contribution in [1.29, 1.82) is 0 Å². The molecular weight excluding hydrogens is 450 g/mol. The first-order valence-electron chi connectivity index (χ1n) is 10.6. The van der Waals surface area contributed by atoms with Crippen LogP contribution in [0.2, 0.25) is 10.0 Å². The van der Waals surface area contributed by atoms with Crippen LogP contribution in [0, 0.1) is 19.7 Å². The van der Waals surface area contributed by atoms with Gasteiger partial charge in [-0.3, -0.25) is 14.4 Å². The molecule has 0 spiro atoms. The fraction of sp³-hybridized carbons (Fsp3) is 0.333. The zero-order valence-corrected chi connectivity index (χ0v) is 19.6. The average Bonchev–Trinajstić information content (AvgIpc) is 3.03. The summed E-state index contributed by atoms with van der Waals surface area (Å²) in [6.07, 6.45) is 0. The van der Waals surface area contributed by atoms with Gasteiger partial charge in [-0.05, 0) is 43.7 Å². The Bertz CT molecular complexity index is 1120. The second-order valence-electron chi connectivity index (χ2n) is 8.11. The van der Waals surface area contributed by atoms with Crippen molar-refractivity contribution in [2.24, 2.45) is 0 Å². The van der Waals surface area contributed by atoms with Crippen LogP contribution in [0.4, 0.5) is 4.39 Å². The van der Waals surface area contributed by atoms with Crippen molar-refractivity contribution in [3.05, 3.63) is 86.4 Å². The minimum absolute atomic E-state index is 0.00169. The van der Waals surface area contributed by atoms with Gasteiger partial charge in [0.15, 0.2) is 0 Å². The number of carbonyl (C=O) groups excluding carboxylic acids is 1. The van der Waals surface area contributed by atoms with E-state index in [4.69, 9.17) is 23.2 Å². The van der Waals surface area contributed by atoms with Gasteiger partial charge in [0.25, 0.3) is 5.91 Å². The van der Waals surface area contributed by atoms with Crippen molar-refractivity contribution in [2.45, 2.75) is 26.9 Å². The molecule has 0 bridgehead atoms. The molecule has 1 aliphatic rings. The molecular formula is C24H25Cl2FN4O. The number of hydrogen-bond donors (Lipinski definition) is 0. The highest BCUT2D eigenvalue weighted by Gasteiger charge is 2.23. The lowest BCUT2D eigenvalue weighted by Gasteiger charge is -2.35. The summed E-state index contributed by atoms with van der Waals surface area (Å²) in [6, 6.07) is 12.4. The third-order valence-corrected chi connectivity index (χ3v) is 6.80. The Balaban J connectivity index is 1.39. The van der Waals surface area contributed by atoms with E-state index in [1.165, 1.54) is 6.07 Å². The van der Waals surface area contributed by atoms with Crippen LogP contribution in [0.25, 0.3) is 0 Å².